The number of hydrogen-bond acceptors (Lipinski definition) is 4. The van der Waals surface area contributed by atoms with E-state index in [1.807, 2.05) is 48.0 Å². The summed E-state index contributed by atoms with van der Waals surface area (Å²) in [5, 5.41) is 3.51. The fourth-order valence-electron chi connectivity index (χ4n) is 3.63. The van der Waals surface area contributed by atoms with Crippen molar-refractivity contribution >= 4 is 22.6 Å². The van der Waals surface area contributed by atoms with Gasteiger partial charge in [-0.3, -0.25) is 9.59 Å². The molecule has 1 N–H and O–H groups in total. The molecule has 0 saturated heterocycles. The first-order valence-electron chi connectivity index (χ1n) is 9.75. The molecular formula is C25H22N2O4. The SMILES string of the molecule is COc1cccc(C(=O)Nc2c(-c3cccc(OC)c3)c(=O)c3ccccc3n2C)c1. The summed E-state index contributed by atoms with van der Waals surface area (Å²) >= 11 is 0. The summed E-state index contributed by atoms with van der Waals surface area (Å²) in [6.07, 6.45) is 0. The van der Waals surface area contributed by atoms with Crippen molar-refractivity contribution in [2.24, 2.45) is 7.05 Å². The van der Waals surface area contributed by atoms with Crippen LogP contribution in [-0.2, 0) is 7.05 Å². The van der Waals surface area contributed by atoms with Crippen molar-refractivity contribution in [2.45, 2.75) is 0 Å². The van der Waals surface area contributed by atoms with Gasteiger partial charge in [0.25, 0.3) is 5.91 Å². The Balaban J connectivity index is 1.93. The zero-order valence-electron chi connectivity index (χ0n) is 17.5. The van der Waals surface area contributed by atoms with Crippen LogP contribution in [0.2, 0.25) is 0 Å². The van der Waals surface area contributed by atoms with Crippen molar-refractivity contribution in [2.75, 3.05) is 19.5 Å². The van der Waals surface area contributed by atoms with Gasteiger partial charge in [0.1, 0.15) is 17.3 Å². The summed E-state index contributed by atoms with van der Waals surface area (Å²) in [5.74, 6) is 1.27. The van der Waals surface area contributed by atoms with Crippen molar-refractivity contribution in [3.63, 3.8) is 0 Å². The first kappa shape index (κ1) is 20.2. The maximum absolute atomic E-state index is 13.5. The molecule has 1 heterocycles. The third-order valence-corrected chi connectivity index (χ3v) is 5.23. The highest BCUT2D eigenvalue weighted by atomic mass is 16.5. The molecule has 4 rings (SSSR count). The van der Waals surface area contributed by atoms with E-state index >= 15 is 0 Å². The average Bonchev–Trinajstić information content (AvgIpc) is 2.82. The summed E-state index contributed by atoms with van der Waals surface area (Å²) in [6.45, 7) is 0. The van der Waals surface area contributed by atoms with Crippen LogP contribution in [0.3, 0.4) is 0 Å². The highest BCUT2D eigenvalue weighted by molar-refractivity contribution is 6.07. The molecule has 0 aliphatic rings. The fourth-order valence-corrected chi connectivity index (χ4v) is 3.63. The van der Waals surface area contributed by atoms with Crippen LogP contribution in [0.15, 0.2) is 77.6 Å². The molecule has 0 aliphatic carbocycles. The Morgan fingerprint density at radius 3 is 2.29 bits per heavy atom. The quantitative estimate of drug-likeness (QED) is 0.523. The molecule has 0 spiro atoms. The van der Waals surface area contributed by atoms with Crippen LogP contribution in [0.25, 0.3) is 22.0 Å². The predicted octanol–water partition coefficient (Wildman–Crippen LogP) is 4.48. The van der Waals surface area contributed by atoms with Gasteiger partial charge in [-0.05, 0) is 48.0 Å². The Morgan fingerprint density at radius 2 is 1.55 bits per heavy atom. The van der Waals surface area contributed by atoms with Crippen LogP contribution in [0.5, 0.6) is 11.5 Å². The zero-order valence-corrected chi connectivity index (χ0v) is 17.5. The summed E-state index contributed by atoms with van der Waals surface area (Å²) < 4.78 is 12.4. The van der Waals surface area contributed by atoms with E-state index in [-0.39, 0.29) is 11.3 Å². The minimum absolute atomic E-state index is 0.164. The van der Waals surface area contributed by atoms with Crippen LogP contribution in [0.4, 0.5) is 5.82 Å². The predicted molar refractivity (Wildman–Crippen MR) is 122 cm³/mol. The highest BCUT2D eigenvalue weighted by Gasteiger charge is 2.20. The monoisotopic (exact) mass is 414 g/mol. The van der Waals surface area contributed by atoms with E-state index in [1.165, 1.54) is 0 Å². The Bertz CT molecular complexity index is 1340. The molecule has 0 saturated carbocycles. The first-order chi connectivity index (χ1) is 15.0. The number of aryl methyl sites for hydroxylation is 1. The van der Waals surface area contributed by atoms with Crippen molar-refractivity contribution in [1.29, 1.82) is 0 Å². The molecule has 0 fully saturated rings. The third-order valence-electron chi connectivity index (χ3n) is 5.23. The van der Waals surface area contributed by atoms with Gasteiger partial charge >= 0.3 is 0 Å². The summed E-state index contributed by atoms with van der Waals surface area (Å²) in [6, 6.07) is 21.4. The molecule has 156 valence electrons. The fraction of sp³-hybridized carbons (Fsp3) is 0.120. The molecule has 4 aromatic rings. The van der Waals surface area contributed by atoms with Crippen molar-refractivity contribution in [3.8, 4) is 22.6 Å². The number of methoxy groups -OCH3 is 2. The van der Waals surface area contributed by atoms with E-state index < -0.39 is 0 Å². The molecular weight excluding hydrogens is 392 g/mol. The van der Waals surface area contributed by atoms with Gasteiger partial charge < -0.3 is 19.4 Å². The molecule has 0 bridgehead atoms. The number of aromatic nitrogens is 1. The lowest BCUT2D eigenvalue weighted by Gasteiger charge is -2.18. The molecule has 0 radical (unpaired) electrons. The molecule has 6 nitrogen and oxygen atoms in total. The van der Waals surface area contributed by atoms with E-state index in [1.54, 1.807) is 50.6 Å². The Morgan fingerprint density at radius 1 is 0.871 bits per heavy atom. The number of pyridine rings is 1. The standard InChI is InChI=1S/C25H22N2O4/c1-27-21-13-5-4-12-20(21)23(28)22(16-8-6-10-18(14-16)30-2)24(27)26-25(29)17-9-7-11-19(15-17)31-3/h4-15H,1-3H3,(H,26,29). The molecule has 6 heteroatoms. The molecule has 1 amide bonds. The number of carbonyl (C=O) groups excluding carboxylic acids is 1. The van der Waals surface area contributed by atoms with E-state index in [9.17, 15) is 9.59 Å². The van der Waals surface area contributed by atoms with E-state index in [4.69, 9.17) is 9.47 Å². The highest BCUT2D eigenvalue weighted by Crippen LogP contribution is 2.30. The summed E-state index contributed by atoms with van der Waals surface area (Å²) in [5.41, 5.74) is 2.04. The number of carbonyl (C=O) groups is 1. The number of rotatable bonds is 5. The molecule has 0 aliphatic heterocycles. The normalized spacial score (nSPS) is 10.7. The minimum Gasteiger partial charge on any atom is -0.497 e. The first-order valence-corrected chi connectivity index (χ1v) is 9.75. The van der Waals surface area contributed by atoms with Gasteiger partial charge in [0.05, 0.1) is 25.3 Å². The van der Waals surface area contributed by atoms with Gasteiger partial charge in [0.2, 0.25) is 0 Å². The largest absolute Gasteiger partial charge is 0.497 e. The molecule has 1 aromatic heterocycles. The van der Waals surface area contributed by atoms with E-state index in [2.05, 4.69) is 5.32 Å². The number of hydrogen-bond donors (Lipinski definition) is 1. The van der Waals surface area contributed by atoms with E-state index in [0.717, 1.165) is 5.52 Å². The van der Waals surface area contributed by atoms with Crippen molar-refractivity contribution in [3.05, 3.63) is 88.6 Å². The summed E-state index contributed by atoms with van der Waals surface area (Å²) in [4.78, 5) is 26.6. The number of anilines is 1. The second-order valence-corrected chi connectivity index (χ2v) is 7.05. The smallest absolute Gasteiger partial charge is 0.256 e. The molecule has 0 atom stereocenters. The lowest BCUT2D eigenvalue weighted by atomic mass is 10.0. The second kappa shape index (κ2) is 8.36. The molecule has 3 aromatic carbocycles. The van der Waals surface area contributed by atoms with Gasteiger partial charge in [0.15, 0.2) is 5.43 Å². The maximum atomic E-state index is 13.5. The maximum Gasteiger partial charge on any atom is 0.256 e. The van der Waals surface area contributed by atoms with Crippen molar-refractivity contribution < 1.29 is 14.3 Å². The van der Waals surface area contributed by atoms with Gasteiger partial charge in [-0.2, -0.15) is 0 Å². The Labute approximate surface area is 179 Å². The van der Waals surface area contributed by atoms with Crippen molar-refractivity contribution in [1.82, 2.24) is 4.57 Å². The minimum atomic E-state index is -0.340. The number of amides is 1. The lowest BCUT2D eigenvalue weighted by Crippen LogP contribution is -2.21. The lowest BCUT2D eigenvalue weighted by molar-refractivity contribution is 0.102. The third kappa shape index (κ3) is 3.75. The zero-order chi connectivity index (χ0) is 22.0. The van der Waals surface area contributed by atoms with Crippen LogP contribution in [0.1, 0.15) is 10.4 Å². The van der Waals surface area contributed by atoms with Gasteiger partial charge in [-0.15, -0.1) is 0 Å². The van der Waals surface area contributed by atoms with Crippen LogP contribution in [-0.4, -0.2) is 24.7 Å². The van der Waals surface area contributed by atoms with Crippen LogP contribution in [0, 0.1) is 0 Å². The Kier molecular flexibility index (Phi) is 5.45. The number of para-hydroxylation sites is 1. The molecule has 31 heavy (non-hydrogen) atoms. The summed E-state index contributed by atoms with van der Waals surface area (Å²) in [7, 11) is 4.95. The number of nitrogens with one attached hydrogen (secondary N) is 1. The van der Waals surface area contributed by atoms with Gasteiger partial charge in [0, 0.05) is 18.0 Å². The van der Waals surface area contributed by atoms with Gasteiger partial charge in [-0.25, -0.2) is 0 Å². The Hall–Kier alpha value is -4.06. The van der Waals surface area contributed by atoms with Crippen LogP contribution < -0.4 is 20.2 Å². The number of fused-ring (bicyclic) bond motifs is 1. The van der Waals surface area contributed by atoms with Gasteiger partial charge in [-0.1, -0.05) is 30.3 Å². The average molecular weight is 414 g/mol. The molecule has 0 unspecified atom stereocenters. The number of ether oxygens (including phenoxy) is 2. The second-order valence-electron chi connectivity index (χ2n) is 7.05. The topological polar surface area (TPSA) is 69.6 Å². The number of benzene rings is 3. The van der Waals surface area contributed by atoms with Crippen LogP contribution >= 0.6 is 0 Å². The number of nitrogens with zero attached hydrogens (tertiary/aromatic N) is 1. The van der Waals surface area contributed by atoms with E-state index in [0.29, 0.717) is 39.4 Å².